The maximum Gasteiger partial charge on any atom is 0.233 e. The Morgan fingerprint density at radius 2 is 2.36 bits per heavy atom. The Bertz CT molecular complexity index is 161. The van der Waals surface area contributed by atoms with Crippen LogP contribution in [0.5, 0.6) is 0 Å². The molecule has 0 aromatic carbocycles. The second-order valence-corrected chi connectivity index (χ2v) is 4.41. The van der Waals surface area contributed by atoms with E-state index in [4.69, 9.17) is 0 Å². The number of hydrogen-bond acceptors (Lipinski definition) is 2. The predicted octanol–water partition coefficient (Wildman–Crippen LogP) is 1.76. The molecule has 0 radical (unpaired) electrons. The molecule has 0 bridgehead atoms. The van der Waals surface area contributed by atoms with E-state index in [0.717, 1.165) is 4.48 Å². The molecule has 11 heavy (non-hydrogen) atoms. The summed E-state index contributed by atoms with van der Waals surface area (Å²) in [5, 5.41) is 2.74. The highest BCUT2D eigenvalue weighted by Crippen LogP contribution is 2.05. The van der Waals surface area contributed by atoms with Crippen LogP contribution in [-0.2, 0) is 4.79 Å². The fourth-order valence-corrected chi connectivity index (χ4v) is 0.871. The Morgan fingerprint density at radius 1 is 1.82 bits per heavy atom. The molecule has 1 unspecified atom stereocenters. The molecular weight excluding hydrogens is 226 g/mol. The zero-order valence-electron chi connectivity index (χ0n) is 6.69. The first-order valence-electron chi connectivity index (χ1n) is 3.21. The van der Waals surface area contributed by atoms with E-state index >= 15 is 0 Å². The smallest absolute Gasteiger partial charge is 0.233 e. The molecule has 4 heteroatoms. The van der Waals surface area contributed by atoms with Crippen LogP contribution in [0.3, 0.4) is 0 Å². The molecule has 0 aliphatic heterocycles. The number of rotatable bonds is 4. The van der Waals surface area contributed by atoms with Gasteiger partial charge in [-0.05, 0) is 13.2 Å². The lowest BCUT2D eigenvalue weighted by Gasteiger charge is -2.08. The van der Waals surface area contributed by atoms with Crippen LogP contribution in [0.4, 0.5) is 0 Å². The molecule has 0 rings (SSSR count). The Morgan fingerprint density at radius 3 is 2.73 bits per heavy atom. The molecule has 0 saturated carbocycles. The molecule has 0 aromatic heterocycles. The standard InChI is InChI=1S/C7H12BrNOS/c1-5(8)4-9-7(10)6(2)11-3/h6H,1,4H2,2-3H3,(H,9,10). The number of amides is 1. The second-order valence-electron chi connectivity index (χ2n) is 2.11. The van der Waals surface area contributed by atoms with Crippen molar-refractivity contribution in [1.82, 2.24) is 5.32 Å². The third-order valence-corrected chi connectivity index (χ3v) is 2.38. The van der Waals surface area contributed by atoms with E-state index in [1.165, 1.54) is 11.8 Å². The fourth-order valence-electron chi connectivity index (χ4n) is 0.434. The highest BCUT2D eigenvalue weighted by Gasteiger charge is 2.09. The molecule has 1 amide bonds. The summed E-state index contributed by atoms with van der Waals surface area (Å²) in [5.41, 5.74) is 0. The van der Waals surface area contributed by atoms with Gasteiger partial charge in [0.15, 0.2) is 0 Å². The predicted molar refractivity (Wildman–Crippen MR) is 54.1 cm³/mol. The van der Waals surface area contributed by atoms with Gasteiger partial charge in [0.1, 0.15) is 0 Å². The first kappa shape index (κ1) is 11.0. The molecule has 1 atom stereocenters. The van der Waals surface area contributed by atoms with Gasteiger partial charge in [-0.1, -0.05) is 22.5 Å². The summed E-state index contributed by atoms with van der Waals surface area (Å²) in [6, 6.07) is 0. The lowest BCUT2D eigenvalue weighted by molar-refractivity contribution is -0.120. The van der Waals surface area contributed by atoms with E-state index in [1.807, 2.05) is 13.2 Å². The van der Waals surface area contributed by atoms with E-state index < -0.39 is 0 Å². The number of nitrogens with one attached hydrogen (secondary N) is 1. The van der Waals surface area contributed by atoms with Crippen molar-refractivity contribution in [3.63, 3.8) is 0 Å². The van der Waals surface area contributed by atoms with Crippen LogP contribution in [-0.4, -0.2) is 24.0 Å². The van der Waals surface area contributed by atoms with E-state index in [1.54, 1.807) is 0 Å². The monoisotopic (exact) mass is 237 g/mol. The molecule has 0 aromatic rings. The van der Waals surface area contributed by atoms with Gasteiger partial charge in [0.05, 0.1) is 5.25 Å². The molecule has 0 aliphatic rings. The van der Waals surface area contributed by atoms with Crippen molar-refractivity contribution >= 4 is 33.6 Å². The minimum Gasteiger partial charge on any atom is -0.351 e. The molecular formula is C7H12BrNOS. The van der Waals surface area contributed by atoms with Crippen molar-refractivity contribution in [3.05, 3.63) is 11.1 Å². The number of carbonyl (C=O) groups is 1. The summed E-state index contributed by atoms with van der Waals surface area (Å²) in [5.74, 6) is 0.0538. The number of halogens is 1. The van der Waals surface area contributed by atoms with Gasteiger partial charge < -0.3 is 5.32 Å². The molecule has 1 N–H and O–H groups in total. The van der Waals surface area contributed by atoms with Crippen LogP contribution in [0.1, 0.15) is 6.92 Å². The molecule has 2 nitrogen and oxygen atoms in total. The lowest BCUT2D eigenvalue weighted by atomic mass is 10.4. The minimum atomic E-state index is 0.0156. The van der Waals surface area contributed by atoms with Crippen LogP contribution in [0, 0.1) is 0 Å². The summed E-state index contributed by atoms with van der Waals surface area (Å²) in [6.45, 7) is 5.98. The van der Waals surface area contributed by atoms with E-state index in [2.05, 4.69) is 27.8 Å². The van der Waals surface area contributed by atoms with Gasteiger partial charge in [-0.25, -0.2) is 0 Å². The summed E-state index contributed by atoms with van der Waals surface area (Å²) in [4.78, 5) is 11.1. The molecule has 0 heterocycles. The average Bonchev–Trinajstić information content (AvgIpc) is 1.98. The van der Waals surface area contributed by atoms with Gasteiger partial charge >= 0.3 is 0 Å². The van der Waals surface area contributed by atoms with Crippen molar-refractivity contribution in [2.24, 2.45) is 0 Å². The Balaban J connectivity index is 3.60. The van der Waals surface area contributed by atoms with Crippen LogP contribution >= 0.6 is 27.7 Å². The Labute approximate surface area is 79.9 Å². The zero-order valence-corrected chi connectivity index (χ0v) is 9.09. The quantitative estimate of drug-likeness (QED) is 0.808. The SMILES string of the molecule is C=C(Br)CNC(=O)C(C)SC. The van der Waals surface area contributed by atoms with E-state index in [0.29, 0.717) is 6.54 Å². The van der Waals surface area contributed by atoms with Crippen LogP contribution in [0.15, 0.2) is 11.1 Å². The molecule has 0 spiro atoms. The van der Waals surface area contributed by atoms with E-state index in [9.17, 15) is 4.79 Å². The summed E-state index contributed by atoms with van der Waals surface area (Å²) >= 11 is 4.69. The van der Waals surface area contributed by atoms with Crippen LogP contribution in [0.25, 0.3) is 0 Å². The molecule has 0 aliphatic carbocycles. The lowest BCUT2D eigenvalue weighted by Crippen LogP contribution is -2.31. The zero-order chi connectivity index (χ0) is 8.85. The van der Waals surface area contributed by atoms with Gasteiger partial charge in [-0.2, -0.15) is 11.8 Å². The third-order valence-electron chi connectivity index (χ3n) is 1.18. The molecule has 64 valence electrons. The minimum absolute atomic E-state index is 0.0156. The van der Waals surface area contributed by atoms with Crippen molar-refractivity contribution in [3.8, 4) is 0 Å². The second kappa shape index (κ2) is 5.66. The maximum absolute atomic E-state index is 11.1. The highest BCUT2D eigenvalue weighted by atomic mass is 79.9. The largest absolute Gasteiger partial charge is 0.351 e. The molecule has 0 saturated heterocycles. The van der Waals surface area contributed by atoms with Crippen molar-refractivity contribution in [2.45, 2.75) is 12.2 Å². The van der Waals surface area contributed by atoms with E-state index in [-0.39, 0.29) is 11.2 Å². The van der Waals surface area contributed by atoms with Gasteiger partial charge in [0.2, 0.25) is 5.91 Å². The highest BCUT2D eigenvalue weighted by molar-refractivity contribution is 9.11. The fraction of sp³-hybridized carbons (Fsp3) is 0.571. The maximum atomic E-state index is 11.1. The van der Waals surface area contributed by atoms with Gasteiger partial charge in [0, 0.05) is 11.0 Å². The van der Waals surface area contributed by atoms with Gasteiger partial charge in [0.25, 0.3) is 0 Å². The van der Waals surface area contributed by atoms with Crippen LogP contribution in [0.2, 0.25) is 0 Å². The first-order valence-corrected chi connectivity index (χ1v) is 5.29. The Kier molecular flexibility index (Phi) is 5.68. The average molecular weight is 238 g/mol. The van der Waals surface area contributed by atoms with Crippen molar-refractivity contribution in [1.29, 1.82) is 0 Å². The normalized spacial score (nSPS) is 12.3. The van der Waals surface area contributed by atoms with Gasteiger partial charge in [-0.3, -0.25) is 4.79 Å². The third kappa shape index (κ3) is 5.32. The summed E-state index contributed by atoms with van der Waals surface area (Å²) in [6.07, 6.45) is 1.91. The summed E-state index contributed by atoms with van der Waals surface area (Å²) in [7, 11) is 0. The topological polar surface area (TPSA) is 29.1 Å². The van der Waals surface area contributed by atoms with Crippen LogP contribution < -0.4 is 5.32 Å². The van der Waals surface area contributed by atoms with Gasteiger partial charge in [-0.15, -0.1) is 0 Å². The molecule has 0 fully saturated rings. The number of carbonyl (C=O) groups excluding carboxylic acids is 1. The number of hydrogen-bond donors (Lipinski definition) is 1. The van der Waals surface area contributed by atoms with Crippen molar-refractivity contribution in [2.75, 3.05) is 12.8 Å². The summed E-state index contributed by atoms with van der Waals surface area (Å²) < 4.78 is 0.791. The Hall–Kier alpha value is 0.0400. The number of thioether (sulfide) groups is 1. The first-order chi connectivity index (χ1) is 5.07. The van der Waals surface area contributed by atoms with Crippen molar-refractivity contribution < 1.29 is 4.79 Å².